The summed E-state index contributed by atoms with van der Waals surface area (Å²) >= 11 is 0. The van der Waals surface area contributed by atoms with Gasteiger partial charge >= 0.3 is 6.85 Å². The van der Waals surface area contributed by atoms with E-state index >= 15 is 0 Å². The predicted molar refractivity (Wildman–Crippen MR) is 180 cm³/mol. The van der Waals surface area contributed by atoms with Crippen molar-refractivity contribution >= 4 is 58.0 Å². The Balaban J connectivity index is 1.50. The molecule has 0 atom stereocenters. The number of rotatable bonds is 3. The number of hydrogen-bond donors (Lipinski definition) is 0. The van der Waals surface area contributed by atoms with Crippen molar-refractivity contribution in [2.75, 3.05) is 0 Å². The molecule has 0 N–H and O–H groups in total. The minimum Gasteiger partial charge on any atom is -0.376 e. The molecular formula is C38H30BNSi. The first kappa shape index (κ1) is 24.2. The molecule has 0 radical (unpaired) electrons. The smallest absolute Gasteiger partial charge is 0.327 e. The van der Waals surface area contributed by atoms with Crippen molar-refractivity contribution in [1.82, 2.24) is 4.48 Å². The fraction of sp³-hybridized carbons (Fsp3) is 0.0526. The largest absolute Gasteiger partial charge is 0.376 e. The molecule has 0 bridgehead atoms. The molecule has 7 aromatic rings. The molecule has 3 heteroatoms. The van der Waals surface area contributed by atoms with Crippen LogP contribution in [0.25, 0.3) is 44.1 Å². The molecule has 1 aliphatic heterocycles. The van der Waals surface area contributed by atoms with Crippen LogP contribution < -0.4 is 21.3 Å². The van der Waals surface area contributed by atoms with Gasteiger partial charge in [-0.15, -0.1) is 0 Å². The van der Waals surface area contributed by atoms with Crippen molar-refractivity contribution in [3.8, 4) is 22.3 Å². The Morgan fingerprint density at radius 2 is 0.854 bits per heavy atom. The zero-order valence-corrected chi connectivity index (χ0v) is 24.4. The Morgan fingerprint density at radius 1 is 0.439 bits per heavy atom. The third-order valence-electron chi connectivity index (χ3n) is 9.13. The summed E-state index contributed by atoms with van der Waals surface area (Å²) in [6, 6.07) is 54.0. The van der Waals surface area contributed by atoms with E-state index < -0.39 is 8.07 Å². The van der Waals surface area contributed by atoms with Crippen LogP contribution in [0.2, 0.25) is 13.1 Å². The van der Waals surface area contributed by atoms with Crippen LogP contribution in [0.3, 0.4) is 0 Å². The maximum Gasteiger partial charge on any atom is 0.327 e. The number of nitrogens with zero attached hydrogens (tertiary/aromatic N) is 1. The van der Waals surface area contributed by atoms with E-state index in [1.54, 1.807) is 0 Å². The first-order valence-corrected chi connectivity index (χ1v) is 17.5. The molecule has 0 amide bonds. The van der Waals surface area contributed by atoms with E-state index in [9.17, 15) is 0 Å². The summed E-state index contributed by atoms with van der Waals surface area (Å²) in [7, 11) is -1.86. The lowest BCUT2D eigenvalue weighted by molar-refractivity contribution is 1.34. The zero-order valence-electron chi connectivity index (χ0n) is 23.4. The lowest BCUT2D eigenvalue weighted by Gasteiger charge is -2.37. The van der Waals surface area contributed by atoms with E-state index in [1.807, 2.05) is 0 Å². The normalized spacial score (nSPS) is 13.8. The van der Waals surface area contributed by atoms with Crippen molar-refractivity contribution in [2.24, 2.45) is 0 Å². The molecule has 0 saturated heterocycles. The summed E-state index contributed by atoms with van der Waals surface area (Å²) in [5.74, 6) is 0. The number of hydrogen-bond acceptors (Lipinski definition) is 0. The molecular weight excluding hydrogens is 509 g/mol. The van der Waals surface area contributed by atoms with Gasteiger partial charge in [0.2, 0.25) is 0 Å². The van der Waals surface area contributed by atoms with Crippen LogP contribution in [-0.2, 0) is 0 Å². The van der Waals surface area contributed by atoms with Gasteiger partial charge in [-0.1, -0.05) is 168 Å². The molecule has 0 spiro atoms. The van der Waals surface area contributed by atoms with E-state index in [0.29, 0.717) is 0 Å². The highest BCUT2D eigenvalue weighted by atomic mass is 28.3. The Bertz CT molecular complexity index is 1930. The highest BCUT2D eigenvalue weighted by Crippen LogP contribution is 2.35. The minimum absolute atomic E-state index is 0.0972. The Hall–Kier alpha value is -4.60. The SMILES string of the molecule is C[Si]1(C)c2ccccc2B(n2c3cc(-c4ccccc4)ccc3c3ccc(-c4ccccc4)cc32)c2ccccc21. The Morgan fingerprint density at radius 3 is 1.32 bits per heavy atom. The fourth-order valence-corrected chi connectivity index (χ4v) is 10.3. The molecule has 2 heterocycles. The van der Waals surface area contributed by atoms with Gasteiger partial charge in [0, 0.05) is 21.8 Å². The number of benzene rings is 6. The van der Waals surface area contributed by atoms with Crippen LogP contribution in [0.5, 0.6) is 0 Å². The molecule has 0 fully saturated rings. The van der Waals surface area contributed by atoms with Crippen LogP contribution in [0.1, 0.15) is 0 Å². The Labute approximate surface area is 242 Å². The molecule has 1 aromatic heterocycles. The minimum atomic E-state index is -1.86. The third-order valence-corrected chi connectivity index (χ3v) is 12.7. The first-order chi connectivity index (χ1) is 20.1. The second kappa shape index (κ2) is 9.22. The number of fused-ring (bicyclic) bond motifs is 5. The molecule has 0 saturated carbocycles. The van der Waals surface area contributed by atoms with Gasteiger partial charge in [-0.25, -0.2) is 0 Å². The molecule has 0 unspecified atom stereocenters. The number of aromatic nitrogens is 1. The van der Waals surface area contributed by atoms with Gasteiger partial charge in [0.25, 0.3) is 0 Å². The molecule has 8 rings (SSSR count). The highest BCUT2D eigenvalue weighted by Gasteiger charge is 2.42. The van der Waals surface area contributed by atoms with Crippen LogP contribution in [-0.4, -0.2) is 19.4 Å². The first-order valence-electron chi connectivity index (χ1n) is 14.5. The summed E-state index contributed by atoms with van der Waals surface area (Å²) in [5.41, 5.74) is 10.4. The summed E-state index contributed by atoms with van der Waals surface area (Å²) in [6.45, 7) is 5.11. The zero-order chi connectivity index (χ0) is 27.6. The van der Waals surface area contributed by atoms with Gasteiger partial charge in [-0.2, -0.15) is 0 Å². The maximum atomic E-state index is 2.64. The van der Waals surface area contributed by atoms with Crippen LogP contribution in [0.15, 0.2) is 146 Å². The van der Waals surface area contributed by atoms with E-state index in [1.165, 1.54) is 65.4 Å². The summed E-state index contributed by atoms with van der Waals surface area (Å²) < 4.78 is 2.64. The molecule has 6 aromatic carbocycles. The average Bonchev–Trinajstić information content (AvgIpc) is 3.35. The summed E-state index contributed by atoms with van der Waals surface area (Å²) in [5, 5.41) is 5.68. The van der Waals surface area contributed by atoms with Crippen molar-refractivity contribution in [3.63, 3.8) is 0 Å². The van der Waals surface area contributed by atoms with Gasteiger partial charge < -0.3 is 4.48 Å². The summed E-state index contributed by atoms with van der Waals surface area (Å²) in [4.78, 5) is 0. The third kappa shape index (κ3) is 3.69. The van der Waals surface area contributed by atoms with Gasteiger partial charge in [-0.05, 0) is 34.4 Å². The van der Waals surface area contributed by atoms with E-state index in [0.717, 1.165) is 0 Å². The van der Waals surface area contributed by atoms with E-state index in [4.69, 9.17) is 0 Å². The monoisotopic (exact) mass is 539 g/mol. The van der Waals surface area contributed by atoms with Crippen molar-refractivity contribution in [3.05, 3.63) is 146 Å². The molecule has 41 heavy (non-hydrogen) atoms. The van der Waals surface area contributed by atoms with E-state index in [2.05, 4.69) is 163 Å². The van der Waals surface area contributed by atoms with Crippen LogP contribution in [0, 0.1) is 0 Å². The second-order valence-corrected chi connectivity index (χ2v) is 16.1. The highest BCUT2D eigenvalue weighted by molar-refractivity contribution is 7.11. The fourth-order valence-electron chi connectivity index (χ4n) is 7.15. The van der Waals surface area contributed by atoms with Crippen molar-refractivity contribution < 1.29 is 0 Å². The average molecular weight is 540 g/mol. The maximum absolute atomic E-state index is 2.64. The van der Waals surface area contributed by atoms with Crippen molar-refractivity contribution in [1.29, 1.82) is 0 Å². The van der Waals surface area contributed by atoms with Gasteiger partial charge in [0.15, 0.2) is 0 Å². The topological polar surface area (TPSA) is 4.93 Å². The molecule has 1 nitrogen and oxygen atoms in total. The van der Waals surface area contributed by atoms with Crippen molar-refractivity contribution in [2.45, 2.75) is 13.1 Å². The Kier molecular flexibility index (Phi) is 5.45. The molecule has 0 aliphatic carbocycles. The van der Waals surface area contributed by atoms with Gasteiger partial charge in [0.1, 0.15) is 8.07 Å². The van der Waals surface area contributed by atoms with Gasteiger partial charge in [0.05, 0.1) is 0 Å². The quantitative estimate of drug-likeness (QED) is 0.215. The van der Waals surface area contributed by atoms with Gasteiger partial charge in [-0.3, -0.25) is 0 Å². The summed E-state index contributed by atoms with van der Waals surface area (Å²) in [6.07, 6.45) is 0. The van der Waals surface area contributed by atoms with Crippen LogP contribution in [0.4, 0.5) is 0 Å². The predicted octanol–water partition coefficient (Wildman–Crippen LogP) is 6.92. The lowest BCUT2D eigenvalue weighted by Crippen LogP contribution is -2.75. The molecule has 1 aliphatic rings. The second-order valence-electron chi connectivity index (χ2n) is 11.8. The van der Waals surface area contributed by atoms with Crippen LogP contribution >= 0.6 is 0 Å². The molecule has 194 valence electrons. The van der Waals surface area contributed by atoms with E-state index in [-0.39, 0.29) is 6.85 Å². The standard InChI is InChI=1S/C38H30BNSi/c1-41(2)37-19-11-9-17-33(37)39(34-18-10-12-20-38(34)41)40-35-25-29(27-13-5-3-6-14-27)21-23-31(35)32-24-22-30(26-36(32)40)28-15-7-4-8-16-28/h3-26H,1-2H3. The lowest BCUT2D eigenvalue weighted by atomic mass is 9.49.